The van der Waals surface area contributed by atoms with Crippen LogP contribution in [0.3, 0.4) is 0 Å². The van der Waals surface area contributed by atoms with Gasteiger partial charge < -0.3 is 0 Å². The topological polar surface area (TPSA) is 9.23 Å². The number of ether oxygens (including phenoxy) is 1. The first-order valence-corrected chi connectivity index (χ1v) is 4.55. The lowest BCUT2D eigenvalue weighted by Crippen LogP contribution is -2.79. The van der Waals surface area contributed by atoms with Crippen LogP contribution in [-0.2, 0) is 4.74 Å². The van der Waals surface area contributed by atoms with Gasteiger partial charge in [-0.15, -0.1) is 0 Å². The Balaban J connectivity index is 3.60. The number of halogens is 10. The molecule has 0 aromatic rings. The molecule has 0 aliphatic carbocycles. The molecule has 1 heterocycles. The van der Waals surface area contributed by atoms with Gasteiger partial charge in [0.1, 0.15) is 0 Å². The molecular weight excluding hydrogens is 302 g/mol. The van der Waals surface area contributed by atoms with Gasteiger partial charge in [0.05, 0.1) is 0 Å². The quantitative estimate of drug-likeness (QED) is 0.667. The number of alkyl halides is 10. The Hall–Kier alpha value is -0.740. The summed E-state index contributed by atoms with van der Waals surface area (Å²) in [5.74, 6) is -23.8. The van der Waals surface area contributed by atoms with Crippen LogP contribution in [0.5, 0.6) is 0 Å². The molecule has 1 aliphatic heterocycles. The fourth-order valence-electron chi connectivity index (χ4n) is 1.44. The van der Waals surface area contributed by atoms with Crippen molar-refractivity contribution in [1.82, 2.24) is 0 Å². The van der Waals surface area contributed by atoms with E-state index in [0.717, 1.165) is 0 Å². The third-order valence-electron chi connectivity index (χ3n) is 2.78. The summed E-state index contributed by atoms with van der Waals surface area (Å²) in [6.45, 7) is -1.43. The van der Waals surface area contributed by atoms with E-state index in [1.165, 1.54) is 0 Å². The molecule has 1 aliphatic rings. The molecule has 2 unspecified atom stereocenters. The second kappa shape index (κ2) is 3.47. The van der Waals surface area contributed by atoms with E-state index in [9.17, 15) is 43.9 Å². The minimum atomic E-state index is -6.23. The van der Waals surface area contributed by atoms with E-state index in [0.29, 0.717) is 0 Å². The summed E-state index contributed by atoms with van der Waals surface area (Å²) in [6.07, 6.45) is -6.19. The van der Waals surface area contributed by atoms with Crippen LogP contribution >= 0.6 is 0 Å². The number of hydrogen-bond acceptors (Lipinski definition) is 1. The van der Waals surface area contributed by atoms with Gasteiger partial charge in [0.2, 0.25) is 5.67 Å². The van der Waals surface area contributed by atoms with Crippen molar-refractivity contribution < 1.29 is 48.6 Å². The molecule has 0 N–H and O–H groups in total. The highest BCUT2D eigenvalue weighted by atomic mass is 19.3. The lowest BCUT2D eigenvalue weighted by molar-refractivity contribution is -0.537. The zero-order chi connectivity index (χ0) is 15.7. The first-order valence-electron chi connectivity index (χ1n) is 4.55. The monoisotopic (exact) mass is 308 g/mol. The van der Waals surface area contributed by atoms with E-state index in [1.807, 2.05) is 0 Å². The van der Waals surface area contributed by atoms with Gasteiger partial charge in [-0.3, -0.25) is 4.74 Å². The molecular formula is C8H6F10O. The minimum Gasteiger partial charge on any atom is -0.267 e. The zero-order valence-electron chi connectivity index (χ0n) is 9.19. The Labute approximate surface area is 99.1 Å². The molecule has 2 atom stereocenters. The average molecular weight is 308 g/mol. The molecule has 19 heavy (non-hydrogen) atoms. The van der Waals surface area contributed by atoms with Crippen molar-refractivity contribution in [2.45, 2.75) is 49.2 Å². The van der Waals surface area contributed by atoms with Gasteiger partial charge in [-0.25, -0.2) is 13.2 Å². The Morgan fingerprint density at radius 2 is 1.16 bits per heavy atom. The summed E-state index contributed by atoms with van der Waals surface area (Å²) in [6, 6.07) is 0. The predicted molar refractivity (Wildman–Crippen MR) is 39.9 cm³/mol. The van der Waals surface area contributed by atoms with Crippen molar-refractivity contribution in [2.75, 3.05) is 0 Å². The van der Waals surface area contributed by atoms with E-state index in [2.05, 4.69) is 4.74 Å². The van der Waals surface area contributed by atoms with Crippen molar-refractivity contribution in [1.29, 1.82) is 0 Å². The van der Waals surface area contributed by atoms with Crippen LogP contribution in [0.1, 0.15) is 13.8 Å². The van der Waals surface area contributed by atoms with Gasteiger partial charge in [-0.1, -0.05) is 0 Å². The smallest absolute Gasteiger partial charge is 0.267 e. The third kappa shape index (κ3) is 1.59. The van der Waals surface area contributed by atoms with Crippen molar-refractivity contribution in [2.24, 2.45) is 0 Å². The second-order valence-corrected chi connectivity index (χ2v) is 4.25. The van der Waals surface area contributed by atoms with Gasteiger partial charge in [-0.05, 0) is 6.92 Å². The largest absolute Gasteiger partial charge is 0.425 e. The normalized spacial score (nSPS) is 41.1. The van der Waals surface area contributed by atoms with E-state index < -0.39 is 49.2 Å². The summed E-state index contributed by atoms with van der Waals surface area (Å²) in [4.78, 5) is 0. The van der Waals surface area contributed by atoms with Gasteiger partial charge in [-0.2, -0.15) is 30.7 Å². The first kappa shape index (κ1) is 16.3. The molecule has 0 aromatic carbocycles. The molecule has 1 nitrogen and oxygen atoms in total. The summed E-state index contributed by atoms with van der Waals surface area (Å²) < 4.78 is 132. The fraction of sp³-hybridized carbons (Fsp3) is 1.00. The highest BCUT2D eigenvalue weighted by molar-refractivity contribution is 5.17. The Morgan fingerprint density at radius 1 is 0.789 bits per heavy atom. The Bertz CT molecular complexity index is 383. The molecule has 0 bridgehead atoms. The van der Waals surface area contributed by atoms with Crippen LogP contribution in [0.4, 0.5) is 43.9 Å². The van der Waals surface area contributed by atoms with Gasteiger partial charge in [0.15, 0.2) is 0 Å². The SMILES string of the molecule is CC(F)(F)C1(F)OC(F)(F)C(F)(F)C(C)(F)C1(F)F. The molecule has 114 valence electrons. The van der Waals surface area contributed by atoms with Crippen molar-refractivity contribution in [3.63, 3.8) is 0 Å². The summed E-state index contributed by atoms with van der Waals surface area (Å²) in [5, 5.41) is 0. The van der Waals surface area contributed by atoms with Crippen LogP contribution in [0.2, 0.25) is 0 Å². The third-order valence-corrected chi connectivity index (χ3v) is 2.78. The maximum atomic E-state index is 13.4. The molecule has 0 spiro atoms. The van der Waals surface area contributed by atoms with E-state index in [-0.39, 0.29) is 0 Å². The van der Waals surface area contributed by atoms with Gasteiger partial charge in [0, 0.05) is 6.92 Å². The summed E-state index contributed by atoms with van der Waals surface area (Å²) in [5.41, 5.74) is -5.60. The predicted octanol–water partition coefficient (Wildman–Crippen LogP) is 3.93. The Kier molecular flexibility index (Phi) is 2.98. The lowest BCUT2D eigenvalue weighted by atomic mass is 9.81. The maximum absolute atomic E-state index is 13.4. The van der Waals surface area contributed by atoms with Crippen LogP contribution < -0.4 is 0 Å². The van der Waals surface area contributed by atoms with E-state index >= 15 is 0 Å². The first-order chi connectivity index (χ1) is 7.96. The Morgan fingerprint density at radius 3 is 1.47 bits per heavy atom. The summed E-state index contributed by atoms with van der Waals surface area (Å²) >= 11 is 0. The molecule has 0 aromatic heterocycles. The van der Waals surface area contributed by atoms with Crippen LogP contribution in [0.25, 0.3) is 0 Å². The zero-order valence-corrected chi connectivity index (χ0v) is 9.19. The number of rotatable bonds is 1. The van der Waals surface area contributed by atoms with Crippen LogP contribution in [0, 0.1) is 0 Å². The van der Waals surface area contributed by atoms with Crippen molar-refractivity contribution in [3.8, 4) is 0 Å². The average Bonchev–Trinajstić information content (AvgIpc) is 2.12. The van der Waals surface area contributed by atoms with Crippen molar-refractivity contribution in [3.05, 3.63) is 0 Å². The highest BCUT2D eigenvalue weighted by Gasteiger charge is 2.92. The molecule has 1 rings (SSSR count). The lowest BCUT2D eigenvalue weighted by Gasteiger charge is -2.51. The van der Waals surface area contributed by atoms with E-state index in [4.69, 9.17) is 0 Å². The fourth-order valence-corrected chi connectivity index (χ4v) is 1.44. The number of hydrogen-bond donors (Lipinski definition) is 0. The van der Waals surface area contributed by atoms with E-state index in [1.54, 1.807) is 0 Å². The van der Waals surface area contributed by atoms with Gasteiger partial charge >= 0.3 is 29.7 Å². The second-order valence-electron chi connectivity index (χ2n) is 4.25. The summed E-state index contributed by atoms with van der Waals surface area (Å²) in [7, 11) is 0. The standard InChI is InChI=1S/C8H6F10O/c1-3(9)5(12,13)7(16,4(2,10)11)19-8(17,18)6(3,14)15/h1-2H3. The minimum absolute atomic E-state index is 0.628. The maximum Gasteiger partial charge on any atom is 0.425 e. The van der Waals surface area contributed by atoms with Gasteiger partial charge in [0.25, 0.3) is 0 Å². The highest BCUT2D eigenvalue weighted by Crippen LogP contribution is 2.64. The van der Waals surface area contributed by atoms with Crippen LogP contribution in [0.15, 0.2) is 0 Å². The van der Waals surface area contributed by atoms with Crippen LogP contribution in [-0.4, -0.2) is 35.4 Å². The molecule has 11 heteroatoms. The molecule has 0 radical (unpaired) electrons. The molecule has 0 saturated carbocycles. The molecule has 0 amide bonds. The van der Waals surface area contributed by atoms with Crippen molar-refractivity contribution >= 4 is 0 Å². The molecule has 1 fully saturated rings. The molecule has 1 saturated heterocycles.